The molecule has 1 saturated heterocycles. The first-order valence-corrected chi connectivity index (χ1v) is 8.81. The van der Waals surface area contributed by atoms with E-state index in [9.17, 15) is 10.1 Å². The van der Waals surface area contributed by atoms with Gasteiger partial charge < -0.3 is 10.0 Å². The number of rotatable bonds is 6. The van der Waals surface area contributed by atoms with Crippen molar-refractivity contribution in [2.45, 2.75) is 9.92 Å². The quantitative estimate of drug-likeness (QED) is 0.471. The maximum atomic E-state index is 11.7. The monoisotopic (exact) mass is 361 g/mol. The number of aromatic nitrogens is 2. The Morgan fingerprint density at radius 2 is 1.88 bits per heavy atom. The fourth-order valence-corrected chi connectivity index (χ4v) is 3.62. The number of nitrogens with zero attached hydrogens (tertiary/aromatic N) is 5. The molecular weight excluding hydrogens is 342 g/mol. The van der Waals surface area contributed by atoms with Crippen LogP contribution < -0.4 is 4.90 Å². The Hall–Kier alpha value is -2.23. The lowest BCUT2D eigenvalue weighted by Gasteiger charge is -2.34. The van der Waals surface area contributed by atoms with Gasteiger partial charge in [0, 0.05) is 37.6 Å². The SMILES string of the molecule is O=[N+]([O-])c1c(Sc2ccccc2)ncnc1N1CCN(CCO)CC1. The van der Waals surface area contributed by atoms with E-state index < -0.39 is 4.92 Å². The highest BCUT2D eigenvalue weighted by atomic mass is 32.2. The van der Waals surface area contributed by atoms with Gasteiger partial charge in [0.1, 0.15) is 6.33 Å². The molecule has 1 aromatic carbocycles. The van der Waals surface area contributed by atoms with Crippen molar-refractivity contribution in [2.24, 2.45) is 0 Å². The summed E-state index contributed by atoms with van der Waals surface area (Å²) in [5.74, 6) is 0.363. The molecule has 0 atom stereocenters. The van der Waals surface area contributed by atoms with Gasteiger partial charge in [0.15, 0.2) is 5.03 Å². The zero-order valence-corrected chi connectivity index (χ0v) is 14.4. The summed E-state index contributed by atoms with van der Waals surface area (Å²) in [6.07, 6.45) is 1.38. The number of aliphatic hydroxyl groups excluding tert-OH is 1. The van der Waals surface area contributed by atoms with Gasteiger partial charge in [-0.15, -0.1) is 0 Å². The van der Waals surface area contributed by atoms with Gasteiger partial charge >= 0.3 is 5.69 Å². The molecule has 1 fully saturated rings. The number of piperazine rings is 1. The van der Waals surface area contributed by atoms with E-state index in [1.54, 1.807) is 0 Å². The van der Waals surface area contributed by atoms with Crippen LogP contribution in [-0.2, 0) is 0 Å². The molecule has 1 N–H and O–H groups in total. The lowest BCUT2D eigenvalue weighted by atomic mass is 10.3. The Kier molecular flexibility index (Phi) is 5.79. The smallest absolute Gasteiger partial charge is 0.343 e. The van der Waals surface area contributed by atoms with Crippen LogP contribution in [0.5, 0.6) is 0 Å². The fraction of sp³-hybridized carbons (Fsp3) is 0.375. The Morgan fingerprint density at radius 3 is 2.52 bits per heavy atom. The number of hydrogen-bond donors (Lipinski definition) is 1. The van der Waals surface area contributed by atoms with Crippen molar-refractivity contribution in [1.82, 2.24) is 14.9 Å². The van der Waals surface area contributed by atoms with Crippen molar-refractivity contribution in [3.8, 4) is 0 Å². The Balaban J connectivity index is 1.85. The first kappa shape index (κ1) is 17.6. The third-order valence-corrected chi connectivity index (χ3v) is 5.00. The summed E-state index contributed by atoms with van der Waals surface area (Å²) < 4.78 is 0. The van der Waals surface area contributed by atoms with Crippen molar-refractivity contribution in [1.29, 1.82) is 0 Å². The Bertz CT molecular complexity index is 723. The molecule has 2 heterocycles. The molecule has 0 aliphatic carbocycles. The van der Waals surface area contributed by atoms with Crippen LogP contribution >= 0.6 is 11.8 Å². The van der Waals surface area contributed by atoms with Crippen LogP contribution in [0.15, 0.2) is 46.6 Å². The lowest BCUT2D eigenvalue weighted by Crippen LogP contribution is -2.47. The van der Waals surface area contributed by atoms with E-state index in [0.717, 1.165) is 18.0 Å². The molecule has 0 unspecified atom stereocenters. The number of benzene rings is 1. The van der Waals surface area contributed by atoms with Crippen LogP contribution in [0.25, 0.3) is 0 Å². The summed E-state index contributed by atoms with van der Waals surface area (Å²) in [7, 11) is 0. The second kappa shape index (κ2) is 8.24. The van der Waals surface area contributed by atoms with E-state index in [-0.39, 0.29) is 12.3 Å². The highest BCUT2D eigenvalue weighted by Gasteiger charge is 2.29. The Labute approximate surface area is 149 Å². The molecule has 25 heavy (non-hydrogen) atoms. The molecule has 0 amide bonds. The van der Waals surface area contributed by atoms with Crippen LogP contribution in [0.4, 0.5) is 11.5 Å². The van der Waals surface area contributed by atoms with Crippen LogP contribution in [0.1, 0.15) is 0 Å². The number of β-amino-alcohol motifs (C(OH)–C–C–N with tert-alkyl or cyclic N) is 1. The van der Waals surface area contributed by atoms with Crippen molar-refractivity contribution in [3.05, 3.63) is 46.8 Å². The topological polar surface area (TPSA) is 95.6 Å². The number of nitro groups is 1. The van der Waals surface area contributed by atoms with Crippen LogP contribution in [0, 0.1) is 10.1 Å². The first-order valence-electron chi connectivity index (χ1n) is 7.99. The average Bonchev–Trinajstić information content (AvgIpc) is 2.63. The predicted octanol–water partition coefficient (Wildman–Crippen LogP) is 1.65. The molecule has 1 aliphatic heterocycles. The third kappa shape index (κ3) is 4.25. The van der Waals surface area contributed by atoms with E-state index in [0.29, 0.717) is 30.5 Å². The molecular formula is C16H19N5O3S. The highest BCUT2D eigenvalue weighted by molar-refractivity contribution is 7.99. The maximum Gasteiger partial charge on any atom is 0.343 e. The minimum Gasteiger partial charge on any atom is -0.395 e. The normalized spacial score (nSPS) is 15.3. The maximum absolute atomic E-state index is 11.7. The minimum absolute atomic E-state index is 0.0491. The average molecular weight is 361 g/mol. The van der Waals surface area contributed by atoms with E-state index in [1.165, 1.54) is 18.1 Å². The summed E-state index contributed by atoms with van der Waals surface area (Å²) in [4.78, 5) is 24.5. The molecule has 9 heteroatoms. The second-order valence-electron chi connectivity index (χ2n) is 5.58. The first-order chi connectivity index (χ1) is 12.2. The summed E-state index contributed by atoms with van der Waals surface area (Å²) in [6.45, 7) is 3.48. The van der Waals surface area contributed by atoms with Crippen molar-refractivity contribution >= 4 is 23.3 Å². The van der Waals surface area contributed by atoms with Gasteiger partial charge in [-0.2, -0.15) is 0 Å². The molecule has 1 aliphatic rings. The van der Waals surface area contributed by atoms with Gasteiger partial charge in [-0.3, -0.25) is 15.0 Å². The standard InChI is InChI=1S/C16H19N5O3S/c22-11-10-19-6-8-20(9-7-19)15-14(21(23)24)16(18-12-17-15)25-13-4-2-1-3-5-13/h1-5,12,22H,6-11H2. The third-order valence-electron chi connectivity index (χ3n) is 4.00. The molecule has 8 nitrogen and oxygen atoms in total. The number of anilines is 1. The molecule has 2 aromatic rings. The Morgan fingerprint density at radius 1 is 1.16 bits per heavy atom. The van der Waals surface area contributed by atoms with E-state index in [4.69, 9.17) is 5.11 Å². The van der Waals surface area contributed by atoms with E-state index in [1.807, 2.05) is 35.2 Å². The molecule has 0 radical (unpaired) electrons. The summed E-state index contributed by atoms with van der Waals surface area (Å²) >= 11 is 1.27. The lowest BCUT2D eigenvalue weighted by molar-refractivity contribution is -0.387. The summed E-state index contributed by atoms with van der Waals surface area (Å²) in [5.41, 5.74) is -0.0491. The predicted molar refractivity (Wildman–Crippen MR) is 95.0 cm³/mol. The van der Waals surface area contributed by atoms with Crippen LogP contribution in [0.2, 0.25) is 0 Å². The molecule has 1 aromatic heterocycles. The van der Waals surface area contributed by atoms with E-state index in [2.05, 4.69) is 14.9 Å². The molecule has 0 spiro atoms. The molecule has 3 rings (SSSR count). The van der Waals surface area contributed by atoms with Crippen LogP contribution in [-0.4, -0.2) is 64.2 Å². The molecule has 0 bridgehead atoms. The second-order valence-corrected chi connectivity index (χ2v) is 6.64. The number of aliphatic hydroxyl groups is 1. The van der Waals surface area contributed by atoms with E-state index >= 15 is 0 Å². The van der Waals surface area contributed by atoms with Gasteiger partial charge in [0.05, 0.1) is 11.5 Å². The van der Waals surface area contributed by atoms with Gasteiger partial charge in [-0.25, -0.2) is 9.97 Å². The largest absolute Gasteiger partial charge is 0.395 e. The van der Waals surface area contributed by atoms with Gasteiger partial charge in [0.25, 0.3) is 0 Å². The van der Waals surface area contributed by atoms with Crippen LogP contribution in [0.3, 0.4) is 0 Å². The van der Waals surface area contributed by atoms with Gasteiger partial charge in [-0.05, 0) is 12.1 Å². The van der Waals surface area contributed by atoms with Crippen molar-refractivity contribution in [3.63, 3.8) is 0 Å². The summed E-state index contributed by atoms with van der Waals surface area (Å²) in [6, 6.07) is 9.46. The van der Waals surface area contributed by atoms with Crippen molar-refractivity contribution in [2.75, 3.05) is 44.2 Å². The number of hydrogen-bond acceptors (Lipinski definition) is 8. The zero-order valence-electron chi connectivity index (χ0n) is 13.6. The minimum atomic E-state index is -0.402. The molecule has 132 valence electrons. The van der Waals surface area contributed by atoms with Gasteiger partial charge in [0.2, 0.25) is 5.82 Å². The van der Waals surface area contributed by atoms with Crippen molar-refractivity contribution < 1.29 is 10.0 Å². The highest BCUT2D eigenvalue weighted by Crippen LogP contribution is 2.38. The zero-order chi connectivity index (χ0) is 17.6. The van der Waals surface area contributed by atoms with Gasteiger partial charge in [-0.1, -0.05) is 30.0 Å². The molecule has 0 saturated carbocycles. The fourth-order valence-electron chi connectivity index (χ4n) is 2.74. The summed E-state index contributed by atoms with van der Waals surface area (Å²) in [5, 5.41) is 21.1.